The van der Waals surface area contributed by atoms with Gasteiger partial charge in [0.05, 0.1) is 11.2 Å². The van der Waals surface area contributed by atoms with E-state index >= 15 is 0 Å². The smallest absolute Gasteiger partial charge is 0.130 e. The molecule has 8 rings (SSSR count). The van der Waals surface area contributed by atoms with E-state index in [0.29, 0.717) is 0 Å². The monoisotopic (exact) mass is 562 g/mol. The minimum absolute atomic E-state index is 0.986. The lowest BCUT2D eigenvalue weighted by molar-refractivity contribution is 1.07. The Hall–Kier alpha value is -5.86. The molecule has 1 aromatic heterocycles. The van der Waals surface area contributed by atoms with Crippen LogP contribution in [0.15, 0.2) is 170 Å². The molecule has 208 valence electrons. The van der Waals surface area contributed by atoms with E-state index in [1.165, 1.54) is 27.6 Å². The van der Waals surface area contributed by atoms with Gasteiger partial charge in [-0.05, 0) is 64.2 Å². The van der Waals surface area contributed by atoms with Crippen molar-refractivity contribution in [2.24, 2.45) is 0 Å². The van der Waals surface area contributed by atoms with Crippen molar-refractivity contribution < 1.29 is 0 Å². The number of hydrogen-bond donors (Lipinski definition) is 0. The lowest BCUT2D eigenvalue weighted by atomic mass is 9.99. The summed E-state index contributed by atoms with van der Waals surface area (Å²) < 4.78 is 2.41. The van der Waals surface area contributed by atoms with Crippen LogP contribution in [-0.4, -0.2) is 4.57 Å². The third-order valence-corrected chi connectivity index (χ3v) is 8.49. The molecule has 1 aliphatic heterocycles. The molecule has 0 unspecified atom stereocenters. The first-order valence-electron chi connectivity index (χ1n) is 15.0. The summed E-state index contributed by atoms with van der Waals surface area (Å²) in [6.45, 7) is 4.48. The van der Waals surface area contributed by atoms with Gasteiger partial charge in [-0.3, -0.25) is 9.47 Å². The topological polar surface area (TPSA) is 8.17 Å². The first-order chi connectivity index (χ1) is 21.8. The molecule has 2 heteroatoms. The maximum atomic E-state index is 4.48. The second kappa shape index (κ2) is 10.8. The summed E-state index contributed by atoms with van der Waals surface area (Å²) >= 11 is 0. The van der Waals surface area contributed by atoms with Crippen LogP contribution in [0.5, 0.6) is 0 Å². The van der Waals surface area contributed by atoms with Gasteiger partial charge in [0.1, 0.15) is 5.82 Å². The molecule has 1 aliphatic rings. The van der Waals surface area contributed by atoms with Gasteiger partial charge >= 0.3 is 0 Å². The highest BCUT2D eigenvalue weighted by molar-refractivity contribution is 6.04. The predicted molar refractivity (Wildman–Crippen MR) is 187 cm³/mol. The zero-order chi connectivity index (χ0) is 29.5. The molecule has 0 atom stereocenters. The number of allylic oxidation sites excluding steroid dienone is 2. The summed E-state index contributed by atoms with van der Waals surface area (Å²) in [5, 5.41) is 1.20. The van der Waals surface area contributed by atoms with Crippen molar-refractivity contribution >= 4 is 39.7 Å². The summed E-state index contributed by atoms with van der Waals surface area (Å²) in [6, 6.07) is 56.2. The van der Waals surface area contributed by atoms with Gasteiger partial charge in [-0.1, -0.05) is 140 Å². The second-order valence-electron chi connectivity index (χ2n) is 11.1. The number of aromatic nitrogens is 1. The molecule has 44 heavy (non-hydrogen) atoms. The van der Waals surface area contributed by atoms with Gasteiger partial charge in [0, 0.05) is 27.9 Å². The van der Waals surface area contributed by atoms with Gasteiger partial charge in [0.2, 0.25) is 0 Å². The number of para-hydroxylation sites is 2. The number of nitrogens with zero attached hydrogens (tertiary/aromatic N) is 2. The number of rotatable bonds is 4. The lowest BCUT2D eigenvalue weighted by Gasteiger charge is -2.31. The summed E-state index contributed by atoms with van der Waals surface area (Å²) in [4.78, 5) is 2.41. The first kappa shape index (κ1) is 25.8. The van der Waals surface area contributed by atoms with Crippen LogP contribution in [-0.2, 0) is 0 Å². The normalized spacial score (nSPS) is 13.2. The molecular formula is C42H30N2. The molecule has 0 radical (unpaired) electrons. The van der Waals surface area contributed by atoms with Gasteiger partial charge in [-0.2, -0.15) is 0 Å². The Morgan fingerprint density at radius 2 is 1.07 bits per heavy atom. The largest absolute Gasteiger partial charge is 0.295 e. The quantitative estimate of drug-likeness (QED) is 0.207. The minimum Gasteiger partial charge on any atom is -0.295 e. The maximum absolute atomic E-state index is 4.48. The van der Waals surface area contributed by atoms with E-state index in [4.69, 9.17) is 0 Å². The third-order valence-electron chi connectivity index (χ3n) is 8.49. The second-order valence-corrected chi connectivity index (χ2v) is 11.1. The Morgan fingerprint density at radius 3 is 1.84 bits per heavy atom. The van der Waals surface area contributed by atoms with Gasteiger partial charge in [0.15, 0.2) is 0 Å². The molecule has 0 saturated carbocycles. The van der Waals surface area contributed by atoms with Crippen molar-refractivity contribution in [1.29, 1.82) is 0 Å². The van der Waals surface area contributed by atoms with Gasteiger partial charge < -0.3 is 0 Å². The maximum Gasteiger partial charge on any atom is 0.130 e. The minimum atomic E-state index is 0.986. The van der Waals surface area contributed by atoms with Gasteiger partial charge in [-0.15, -0.1) is 0 Å². The van der Waals surface area contributed by atoms with Crippen LogP contribution in [0.4, 0.5) is 17.2 Å². The first-order valence-corrected chi connectivity index (χ1v) is 15.0. The van der Waals surface area contributed by atoms with E-state index in [2.05, 4.69) is 186 Å². The van der Waals surface area contributed by atoms with Crippen LogP contribution >= 0.6 is 0 Å². The van der Waals surface area contributed by atoms with Crippen molar-refractivity contribution in [3.8, 4) is 27.9 Å². The molecule has 7 aromatic rings. The van der Waals surface area contributed by atoms with Crippen molar-refractivity contribution in [2.75, 3.05) is 4.90 Å². The highest BCUT2D eigenvalue weighted by Crippen LogP contribution is 2.47. The average Bonchev–Trinajstić information content (AvgIpc) is 3.41. The highest BCUT2D eigenvalue weighted by Gasteiger charge is 2.27. The number of benzene rings is 6. The Labute approximate surface area is 258 Å². The third kappa shape index (κ3) is 4.36. The fraction of sp³-hybridized carbons (Fsp3) is 0. The molecule has 0 bridgehead atoms. The van der Waals surface area contributed by atoms with Crippen molar-refractivity contribution in [3.63, 3.8) is 0 Å². The van der Waals surface area contributed by atoms with Gasteiger partial charge in [-0.25, -0.2) is 0 Å². The Morgan fingerprint density at radius 1 is 0.455 bits per heavy atom. The Kier molecular flexibility index (Phi) is 6.31. The molecule has 0 N–H and O–H groups in total. The standard InChI is InChI=1S/C42H30N2/c1-30-23-28-39-38-20-9-11-22-41(38)44(36-18-12-17-34(29-36)32-15-6-3-7-16-32)42(39)43(40-21-10-8-19-37(30)40)35-26-24-33(25-27-35)31-13-4-2-5-14-31/h2-29H,1H2/b28-23-. The van der Waals surface area contributed by atoms with Crippen LogP contribution < -0.4 is 4.90 Å². The zero-order valence-electron chi connectivity index (χ0n) is 24.3. The fourth-order valence-corrected chi connectivity index (χ4v) is 6.38. The average molecular weight is 563 g/mol. The molecule has 2 nitrogen and oxygen atoms in total. The molecule has 0 saturated heterocycles. The number of hydrogen-bond acceptors (Lipinski definition) is 1. The molecule has 6 aromatic carbocycles. The lowest BCUT2D eigenvalue weighted by Crippen LogP contribution is -2.17. The van der Waals surface area contributed by atoms with Crippen LogP contribution in [0.25, 0.3) is 50.5 Å². The van der Waals surface area contributed by atoms with Crippen LogP contribution in [0.3, 0.4) is 0 Å². The molecule has 0 aliphatic carbocycles. The van der Waals surface area contributed by atoms with Crippen LogP contribution in [0, 0.1) is 0 Å². The molecule has 0 amide bonds. The van der Waals surface area contributed by atoms with Crippen molar-refractivity contribution in [1.82, 2.24) is 4.57 Å². The van der Waals surface area contributed by atoms with E-state index in [0.717, 1.165) is 45.1 Å². The van der Waals surface area contributed by atoms with E-state index in [9.17, 15) is 0 Å². The molecular weight excluding hydrogens is 532 g/mol. The van der Waals surface area contributed by atoms with Gasteiger partial charge in [0.25, 0.3) is 0 Å². The highest BCUT2D eigenvalue weighted by atomic mass is 15.3. The van der Waals surface area contributed by atoms with E-state index in [-0.39, 0.29) is 0 Å². The van der Waals surface area contributed by atoms with Crippen LogP contribution in [0.2, 0.25) is 0 Å². The van der Waals surface area contributed by atoms with E-state index in [1.807, 2.05) is 0 Å². The van der Waals surface area contributed by atoms with Crippen molar-refractivity contribution in [3.05, 3.63) is 182 Å². The predicted octanol–water partition coefficient (Wildman–Crippen LogP) is 11.5. The Balaban J connectivity index is 1.42. The fourth-order valence-electron chi connectivity index (χ4n) is 6.38. The van der Waals surface area contributed by atoms with Crippen LogP contribution in [0.1, 0.15) is 11.1 Å². The summed E-state index contributed by atoms with van der Waals surface area (Å²) in [6.07, 6.45) is 4.39. The number of fused-ring (bicyclic) bond motifs is 4. The molecule has 0 fully saturated rings. The molecule has 2 heterocycles. The Bertz CT molecular complexity index is 2170. The zero-order valence-corrected chi connectivity index (χ0v) is 24.3. The SMILES string of the molecule is C=C1/C=C\c2c(n(-c3cccc(-c4ccccc4)c3)c3ccccc23)N(c2ccc(-c3ccccc3)cc2)c2ccccc21. The summed E-state index contributed by atoms with van der Waals surface area (Å²) in [5.74, 6) is 1.10. The summed E-state index contributed by atoms with van der Waals surface area (Å²) in [7, 11) is 0. The van der Waals surface area contributed by atoms with E-state index in [1.54, 1.807) is 0 Å². The van der Waals surface area contributed by atoms with E-state index < -0.39 is 0 Å². The summed E-state index contributed by atoms with van der Waals surface area (Å²) in [5.41, 5.74) is 12.5. The van der Waals surface area contributed by atoms with Crippen molar-refractivity contribution in [2.45, 2.75) is 0 Å². The molecule has 0 spiro atoms. The number of anilines is 3.